The highest BCUT2D eigenvalue weighted by Gasteiger charge is 2.41. The third kappa shape index (κ3) is 2.35. The highest BCUT2D eigenvalue weighted by Crippen LogP contribution is 2.24. The first-order valence-corrected chi connectivity index (χ1v) is 4.95. The van der Waals surface area contributed by atoms with Gasteiger partial charge in [0.2, 0.25) is 0 Å². The van der Waals surface area contributed by atoms with Crippen molar-refractivity contribution in [2.75, 3.05) is 0 Å². The summed E-state index contributed by atoms with van der Waals surface area (Å²) in [5, 5.41) is 0.774. The van der Waals surface area contributed by atoms with Crippen molar-refractivity contribution in [3.63, 3.8) is 0 Å². The molecule has 0 aliphatic carbocycles. The van der Waals surface area contributed by atoms with Gasteiger partial charge in [-0.3, -0.25) is 15.2 Å². The number of fused-ring (bicyclic) bond motifs is 1. The Balaban J connectivity index is 2.29. The monoisotopic (exact) mass is 253 g/mol. The number of benzene rings is 1. The number of nitrogens with two attached hydrogens (primary N) is 1. The fourth-order valence-corrected chi connectivity index (χ4v) is 1.39. The normalized spacial score (nSPS) is 11.3. The van der Waals surface area contributed by atoms with Crippen LogP contribution in [-0.4, -0.2) is 17.0 Å². The SMILES string of the molecule is NNC(=O)C(F)(F)Oc1ccc2cccnc2c1. The van der Waals surface area contributed by atoms with E-state index in [0.29, 0.717) is 5.52 Å². The van der Waals surface area contributed by atoms with Gasteiger partial charge in [0, 0.05) is 17.6 Å². The van der Waals surface area contributed by atoms with Crippen molar-refractivity contribution in [2.45, 2.75) is 6.11 Å². The van der Waals surface area contributed by atoms with Gasteiger partial charge in [-0.05, 0) is 18.2 Å². The van der Waals surface area contributed by atoms with E-state index >= 15 is 0 Å². The molecule has 0 bridgehead atoms. The molecule has 0 saturated carbocycles. The lowest BCUT2D eigenvalue weighted by atomic mass is 10.2. The molecule has 5 nitrogen and oxygen atoms in total. The molecule has 0 saturated heterocycles. The predicted molar refractivity (Wildman–Crippen MR) is 59.6 cm³/mol. The average Bonchev–Trinajstić information content (AvgIpc) is 2.37. The summed E-state index contributed by atoms with van der Waals surface area (Å²) < 4.78 is 30.6. The van der Waals surface area contributed by atoms with Gasteiger partial charge in [-0.2, -0.15) is 8.78 Å². The molecule has 0 aliphatic heterocycles. The van der Waals surface area contributed by atoms with E-state index in [1.165, 1.54) is 23.8 Å². The summed E-state index contributed by atoms with van der Waals surface area (Å²) >= 11 is 0. The van der Waals surface area contributed by atoms with Gasteiger partial charge in [0.05, 0.1) is 5.52 Å². The van der Waals surface area contributed by atoms with E-state index in [2.05, 4.69) is 15.6 Å². The lowest BCUT2D eigenvalue weighted by Crippen LogP contribution is -2.47. The van der Waals surface area contributed by atoms with Crippen LogP contribution in [0.3, 0.4) is 0 Å². The van der Waals surface area contributed by atoms with Crippen molar-refractivity contribution >= 4 is 16.8 Å². The molecule has 1 amide bonds. The zero-order chi connectivity index (χ0) is 13.2. The van der Waals surface area contributed by atoms with Crippen LogP contribution in [0.4, 0.5) is 8.78 Å². The summed E-state index contributed by atoms with van der Waals surface area (Å²) in [6.45, 7) is 0. The Hall–Kier alpha value is -2.28. The molecule has 0 atom stereocenters. The maximum atomic E-state index is 13.2. The van der Waals surface area contributed by atoms with Crippen LogP contribution in [0.5, 0.6) is 5.75 Å². The lowest BCUT2D eigenvalue weighted by molar-refractivity contribution is -0.192. The molecule has 94 valence electrons. The van der Waals surface area contributed by atoms with E-state index in [-0.39, 0.29) is 5.75 Å². The van der Waals surface area contributed by atoms with Gasteiger partial charge in [0.1, 0.15) is 5.75 Å². The standard InChI is InChI=1S/C11H9F2N3O2/c12-11(13,10(17)16-14)18-8-4-3-7-2-1-5-15-9(7)6-8/h1-6H,14H2,(H,16,17). The van der Waals surface area contributed by atoms with Gasteiger partial charge in [-0.1, -0.05) is 6.07 Å². The number of ether oxygens (including phenoxy) is 1. The van der Waals surface area contributed by atoms with Crippen LogP contribution < -0.4 is 16.0 Å². The van der Waals surface area contributed by atoms with Gasteiger partial charge in [0.15, 0.2) is 0 Å². The van der Waals surface area contributed by atoms with Gasteiger partial charge >= 0.3 is 12.0 Å². The van der Waals surface area contributed by atoms with Crippen LogP contribution in [0.1, 0.15) is 0 Å². The summed E-state index contributed by atoms with van der Waals surface area (Å²) in [5.41, 5.74) is 1.82. The molecule has 1 heterocycles. The number of alkyl halides is 2. The van der Waals surface area contributed by atoms with E-state index in [1.54, 1.807) is 18.2 Å². The van der Waals surface area contributed by atoms with Crippen molar-refractivity contribution in [1.29, 1.82) is 0 Å². The Bertz CT molecular complexity index is 589. The predicted octanol–water partition coefficient (Wildman–Crippen LogP) is 1.20. The molecule has 3 N–H and O–H groups in total. The van der Waals surface area contributed by atoms with Gasteiger partial charge in [0.25, 0.3) is 0 Å². The van der Waals surface area contributed by atoms with Crippen LogP contribution in [-0.2, 0) is 4.79 Å². The minimum atomic E-state index is -4.03. The molecule has 0 fully saturated rings. The highest BCUT2D eigenvalue weighted by atomic mass is 19.3. The Morgan fingerprint density at radius 3 is 2.89 bits per heavy atom. The molecule has 2 rings (SSSR count). The van der Waals surface area contributed by atoms with Gasteiger partial charge in [-0.25, -0.2) is 5.84 Å². The molecule has 0 radical (unpaired) electrons. The molecule has 1 aromatic carbocycles. The van der Waals surface area contributed by atoms with Crippen molar-refractivity contribution in [3.8, 4) is 5.75 Å². The second-order valence-electron chi connectivity index (χ2n) is 3.45. The molecule has 1 aromatic heterocycles. The topological polar surface area (TPSA) is 77.2 Å². The maximum absolute atomic E-state index is 13.2. The summed E-state index contributed by atoms with van der Waals surface area (Å²) in [5.74, 6) is 2.74. The number of amides is 1. The van der Waals surface area contributed by atoms with Crippen LogP contribution in [0.25, 0.3) is 10.9 Å². The lowest BCUT2D eigenvalue weighted by Gasteiger charge is -2.15. The van der Waals surface area contributed by atoms with Gasteiger partial charge < -0.3 is 4.74 Å². The number of pyridine rings is 1. The third-order valence-electron chi connectivity index (χ3n) is 2.22. The Kier molecular flexibility index (Phi) is 3.07. The molecule has 0 aliphatic rings. The zero-order valence-corrected chi connectivity index (χ0v) is 9.06. The number of hydrazine groups is 1. The van der Waals surface area contributed by atoms with Gasteiger partial charge in [-0.15, -0.1) is 0 Å². The molecule has 0 unspecified atom stereocenters. The Morgan fingerprint density at radius 1 is 1.39 bits per heavy atom. The van der Waals surface area contributed by atoms with Crippen molar-refractivity contribution in [3.05, 3.63) is 36.5 Å². The number of nitrogens with zero attached hydrogens (tertiary/aromatic N) is 1. The third-order valence-corrected chi connectivity index (χ3v) is 2.22. The fourth-order valence-electron chi connectivity index (χ4n) is 1.39. The number of rotatable bonds is 3. The van der Waals surface area contributed by atoms with E-state index < -0.39 is 12.0 Å². The first-order valence-electron chi connectivity index (χ1n) is 4.95. The molecular formula is C11H9F2N3O2. The average molecular weight is 253 g/mol. The van der Waals surface area contributed by atoms with E-state index in [4.69, 9.17) is 0 Å². The van der Waals surface area contributed by atoms with E-state index in [0.717, 1.165) is 5.39 Å². The van der Waals surface area contributed by atoms with Crippen LogP contribution >= 0.6 is 0 Å². The number of carbonyl (C=O) groups excluding carboxylic acids is 1. The van der Waals surface area contributed by atoms with Crippen LogP contribution in [0.15, 0.2) is 36.5 Å². The zero-order valence-electron chi connectivity index (χ0n) is 9.06. The number of nitrogens with one attached hydrogen (secondary N) is 1. The largest absolute Gasteiger partial charge is 0.483 e. The fraction of sp³-hybridized carbons (Fsp3) is 0.0909. The first kappa shape index (κ1) is 12.2. The van der Waals surface area contributed by atoms with Crippen LogP contribution in [0, 0.1) is 0 Å². The minimum absolute atomic E-state index is 0.171. The minimum Gasteiger partial charge on any atom is -0.425 e. The molecular weight excluding hydrogens is 244 g/mol. The van der Waals surface area contributed by atoms with Crippen molar-refractivity contribution in [2.24, 2.45) is 5.84 Å². The number of hydrogen-bond donors (Lipinski definition) is 2. The smallest absolute Gasteiger partial charge is 0.425 e. The quantitative estimate of drug-likeness (QED) is 0.489. The Labute approximate surface area is 101 Å². The van der Waals surface area contributed by atoms with E-state index in [9.17, 15) is 13.6 Å². The number of carbonyl (C=O) groups is 1. The molecule has 0 spiro atoms. The van der Waals surface area contributed by atoms with E-state index in [1.807, 2.05) is 0 Å². The molecule has 7 heteroatoms. The molecule has 18 heavy (non-hydrogen) atoms. The number of hydrogen-bond acceptors (Lipinski definition) is 4. The highest BCUT2D eigenvalue weighted by molar-refractivity contribution is 5.82. The summed E-state index contributed by atoms with van der Waals surface area (Å²) in [4.78, 5) is 14.8. The number of halogens is 2. The molecule has 2 aromatic rings. The second-order valence-corrected chi connectivity index (χ2v) is 3.45. The van der Waals surface area contributed by atoms with Crippen molar-refractivity contribution < 1.29 is 18.3 Å². The number of aromatic nitrogens is 1. The summed E-state index contributed by atoms with van der Waals surface area (Å²) in [6, 6.07) is 7.69. The van der Waals surface area contributed by atoms with Crippen molar-refractivity contribution in [1.82, 2.24) is 10.4 Å². The Morgan fingerprint density at radius 2 is 2.17 bits per heavy atom. The van der Waals surface area contributed by atoms with Crippen LogP contribution in [0.2, 0.25) is 0 Å². The maximum Gasteiger partial charge on any atom is 0.483 e. The summed E-state index contributed by atoms with van der Waals surface area (Å²) in [7, 11) is 0. The summed E-state index contributed by atoms with van der Waals surface area (Å²) in [6.07, 6.45) is -2.51. The first-order chi connectivity index (χ1) is 8.53. The second kappa shape index (κ2) is 4.53.